The van der Waals surface area contributed by atoms with Gasteiger partial charge in [-0.25, -0.2) is 0 Å². The van der Waals surface area contributed by atoms with Gasteiger partial charge in [0.1, 0.15) is 0 Å². The van der Waals surface area contributed by atoms with Gasteiger partial charge in [0, 0.05) is 17.5 Å². The summed E-state index contributed by atoms with van der Waals surface area (Å²) in [6.07, 6.45) is -2.06. The molecule has 4 rings (SSSR count). The van der Waals surface area contributed by atoms with Crippen LogP contribution in [0.25, 0.3) is 22.2 Å². The molecule has 1 aromatic heterocycles. The lowest BCUT2D eigenvalue weighted by Gasteiger charge is -2.30. The van der Waals surface area contributed by atoms with Crippen molar-refractivity contribution in [1.29, 1.82) is 0 Å². The second kappa shape index (κ2) is 7.41. The first kappa shape index (κ1) is 19.8. The molecule has 0 saturated carbocycles. The van der Waals surface area contributed by atoms with Crippen molar-refractivity contribution < 1.29 is 13.2 Å². The standard InChI is InChI=1S/C23H24F3N3/c1-14-12-17(23(24,25)26)9-10-18(14)21-15(2)19-7-4-8-20(22(19)28-27-21)16-6-5-11-29(3)13-16/h4,7-10,12,16H,5-6,11,13H2,1-3H3/t16-/m0/s1. The van der Waals surface area contributed by atoms with Gasteiger partial charge in [0.05, 0.1) is 16.8 Å². The maximum Gasteiger partial charge on any atom is 0.416 e. The molecule has 1 fully saturated rings. The van der Waals surface area contributed by atoms with Crippen LogP contribution in [0.5, 0.6) is 0 Å². The van der Waals surface area contributed by atoms with Crippen molar-refractivity contribution in [3.63, 3.8) is 0 Å². The van der Waals surface area contributed by atoms with Crippen LogP contribution in [0.15, 0.2) is 36.4 Å². The molecule has 3 nitrogen and oxygen atoms in total. The molecule has 0 spiro atoms. The van der Waals surface area contributed by atoms with Crippen LogP contribution in [-0.4, -0.2) is 35.2 Å². The molecular formula is C23H24F3N3. The summed E-state index contributed by atoms with van der Waals surface area (Å²) in [6.45, 7) is 5.77. The van der Waals surface area contributed by atoms with Gasteiger partial charge < -0.3 is 4.90 Å². The smallest absolute Gasteiger partial charge is 0.306 e. The number of rotatable bonds is 2. The Balaban J connectivity index is 1.80. The fraction of sp³-hybridized carbons (Fsp3) is 0.391. The highest BCUT2D eigenvalue weighted by molar-refractivity contribution is 5.89. The molecule has 0 amide bonds. The Labute approximate surface area is 168 Å². The third kappa shape index (κ3) is 3.73. The van der Waals surface area contributed by atoms with Gasteiger partial charge in [-0.1, -0.05) is 24.3 Å². The number of fused-ring (bicyclic) bond motifs is 1. The number of hydrogen-bond donors (Lipinski definition) is 0. The maximum absolute atomic E-state index is 13.0. The molecule has 2 aromatic carbocycles. The molecule has 1 aliphatic rings. The van der Waals surface area contributed by atoms with Gasteiger partial charge in [-0.3, -0.25) is 0 Å². The van der Waals surface area contributed by atoms with Crippen LogP contribution in [0.4, 0.5) is 13.2 Å². The van der Waals surface area contributed by atoms with Crippen LogP contribution >= 0.6 is 0 Å². The van der Waals surface area contributed by atoms with E-state index in [4.69, 9.17) is 0 Å². The second-order valence-electron chi connectivity index (χ2n) is 8.05. The number of likely N-dealkylation sites (N-methyl/N-ethyl adjacent to an activating group) is 1. The fourth-order valence-electron chi connectivity index (χ4n) is 4.39. The molecule has 29 heavy (non-hydrogen) atoms. The van der Waals surface area contributed by atoms with Crippen molar-refractivity contribution >= 4 is 10.9 Å². The van der Waals surface area contributed by atoms with E-state index in [1.54, 1.807) is 6.92 Å². The Morgan fingerprint density at radius 2 is 1.86 bits per heavy atom. The molecule has 0 aliphatic carbocycles. The highest BCUT2D eigenvalue weighted by atomic mass is 19.4. The molecule has 1 saturated heterocycles. The van der Waals surface area contributed by atoms with Crippen molar-refractivity contribution in [2.45, 2.75) is 38.8 Å². The third-order valence-corrected chi connectivity index (χ3v) is 5.95. The number of aromatic nitrogens is 2. The normalized spacial score (nSPS) is 18.3. The van der Waals surface area contributed by atoms with Crippen LogP contribution in [0, 0.1) is 13.8 Å². The Bertz CT molecular complexity index is 1060. The second-order valence-corrected chi connectivity index (χ2v) is 8.05. The van der Waals surface area contributed by atoms with Gasteiger partial charge in [0.15, 0.2) is 0 Å². The van der Waals surface area contributed by atoms with E-state index < -0.39 is 11.7 Å². The van der Waals surface area contributed by atoms with Crippen LogP contribution in [-0.2, 0) is 6.18 Å². The van der Waals surface area contributed by atoms with Gasteiger partial charge in [0.2, 0.25) is 0 Å². The first-order valence-electron chi connectivity index (χ1n) is 9.88. The predicted molar refractivity (Wildman–Crippen MR) is 109 cm³/mol. The summed E-state index contributed by atoms with van der Waals surface area (Å²) < 4.78 is 39.0. The van der Waals surface area contributed by atoms with Crippen molar-refractivity contribution in [2.24, 2.45) is 0 Å². The van der Waals surface area contributed by atoms with Gasteiger partial charge in [-0.15, -0.1) is 10.2 Å². The maximum atomic E-state index is 13.0. The number of hydrogen-bond acceptors (Lipinski definition) is 3. The Kier molecular flexibility index (Phi) is 5.07. The number of halogens is 3. The number of benzene rings is 2. The summed E-state index contributed by atoms with van der Waals surface area (Å²) in [5.41, 5.74) is 4.28. The van der Waals surface area contributed by atoms with E-state index in [2.05, 4.69) is 28.2 Å². The van der Waals surface area contributed by atoms with Crippen LogP contribution in [0.1, 0.15) is 41.0 Å². The Morgan fingerprint density at radius 3 is 2.55 bits per heavy atom. The van der Waals surface area contributed by atoms with Crippen molar-refractivity contribution in [2.75, 3.05) is 20.1 Å². The van der Waals surface area contributed by atoms with Gasteiger partial charge >= 0.3 is 6.18 Å². The summed E-state index contributed by atoms with van der Waals surface area (Å²) in [5, 5.41) is 10.0. The average molecular weight is 399 g/mol. The summed E-state index contributed by atoms with van der Waals surface area (Å²) in [4.78, 5) is 2.34. The summed E-state index contributed by atoms with van der Waals surface area (Å²) in [7, 11) is 2.14. The van der Waals surface area contributed by atoms with Crippen molar-refractivity contribution in [3.05, 3.63) is 58.7 Å². The van der Waals surface area contributed by atoms with Crippen molar-refractivity contribution in [1.82, 2.24) is 15.1 Å². The van der Waals surface area contributed by atoms with Crippen LogP contribution in [0.2, 0.25) is 0 Å². The topological polar surface area (TPSA) is 29.0 Å². The summed E-state index contributed by atoms with van der Waals surface area (Å²) >= 11 is 0. The molecule has 0 bridgehead atoms. The molecule has 2 heterocycles. The van der Waals surface area contributed by atoms with E-state index in [1.165, 1.54) is 17.7 Å². The molecule has 152 valence electrons. The third-order valence-electron chi connectivity index (χ3n) is 5.95. The number of likely N-dealkylation sites (tertiary alicyclic amines) is 1. The number of nitrogens with zero attached hydrogens (tertiary/aromatic N) is 3. The summed E-state index contributed by atoms with van der Waals surface area (Å²) in [6, 6.07) is 9.99. The zero-order chi connectivity index (χ0) is 20.8. The Morgan fingerprint density at radius 1 is 1.07 bits per heavy atom. The first-order valence-corrected chi connectivity index (χ1v) is 9.88. The van der Waals surface area contributed by atoms with Crippen molar-refractivity contribution in [3.8, 4) is 11.3 Å². The average Bonchev–Trinajstić information content (AvgIpc) is 2.68. The number of piperidine rings is 1. The minimum Gasteiger partial charge on any atom is -0.306 e. The molecular weight excluding hydrogens is 375 g/mol. The van der Waals surface area contributed by atoms with Gasteiger partial charge in [-0.05, 0) is 75.0 Å². The van der Waals surface area contributed by atoms with Gasteiger partial charge in [-0.2, -0.15) is 13.2 Å². The first-order chi connectivity index (χ1) is 13.8. The number of alkyl halides is 3. The fourth-order valence-corrected chi connectivity index (χ4v) is 4.39. The molecule has 6 heteroatoms. The van der Waals surface area contributed by atoms with E-state index in [-0.39, 0.29) is 0 Å². The quantitative estimate of drug-likeness (QED) is 0.550. The highest BCUT2D eigenvalue weighted by Gasteiger charge is 2.31. The SMILES string of the molecule is Cc1cc(C(F)(F)F)ccc1-c1nnc2c([C@H]3CCCN(C)C3)cccc2c1C. The monoisotopic (exact) mass is 399 g/mol. The number of aryl methyl sites for hydroxylation is 2. The lowest BCUT2D eigenvalue weighted by atomic mass is 9.88. The molecule has 0 radical (unpaired) electrons. The molecule has 0 unspecified atom stereocenters. The minimum absolute atomic E-state index is 0.421. The van der Waals surface area contributed by atoms with E-state index in [0.717, 1.165) is 48.5 Å². The molecule has 3 aromatic rings. The predicted octanol–water partition coefficient (Wildman–Crippen LogP) is 5.74. The molecule has 1 atom stereocenters. The van der Waals surface area contributed by atoms with E-state index in [9.17, 15) is 13.2 Å². The van der Waals surface area contributed by atoms with E-state index in [0.29, 0.717) is 22.7 Å². The summed E-state index contributed by atoms with van der Waals surface area (Å²) in [5.74, 6) is 0.421. The Hall–Kier alpha value is -2.47. The van der Waals surface area contributed by atoms with E-state index >= 15 is 0 Å². The lowest BCUT2D eigenvalue weighted by Crippen LogP contribution is -2.31. The minimum atomic E-state index is -4.35. The zero-order valence-corrected chi connectivity index (χ0v) is 16.8. The molecule has 1 aliphatic heterocycles. The van der Waals surface area contributed by atoms with Gasteiger partial charge in [0.25, 0.3) is 0 Å². The lowest BCUT2D eigenvalue weighted by molar-refractivity contribution is -0.137. The van der Waals surface area contributed by atoms with Crippen LogP contribution in [0.3, 0.4) is 0 Å². The largest absolute Gasteiger partial charge is 0.416 e. The molecule has 0 N–H and O–H groups in total. The van der Waals surface area contributed by atoms with Crippen LogP contribution < -0.4 is 0 Å². The van der Waals surface area contributed by atoms with E-state index in [1.807, 2.05) is 19.1 Å². The zero-order valence-electron chi connectivity index (χ0n) is 16.8. The highest BCUT2D eigenvalue weighted by Crippen LogP contribution is 2.36.